The van der Waals surface area contributed by atoms with E-state index < -0.39 is 0 Å². The van der Waals surface area contributed by atoms with Crippen LogP contribution in [0.3, 0.4) is 0 Å². The average molecular weight is 237 g/mol. The molecule has 2 N–H and O–H groups in total. The normalized spacial score (nSPS) is 13.5. The smallest absolute Gasteiger partial charge is 0.119 e. The molecular formula is C14H23NO2. The van der Waals surface area contributed by atoms with E-state index in [1.807, 2.05) is 19.2 Å². The highest BCUT2D eigenvalue weighted by Crippen LogP contribution is 2.24. The number of rotatable bonds is 5. The first-order valence-corrected chi connectivity index (χ1v) is 5.99. The van der Waals surface area contributed by atoms with Crippen LogP contribution in [0.5, 0.6) is 5.75 Å². The van der Waals surface area contributed by atoms with Crippen molar-refractivity contribution in [1.29, 1.82) is 0 Å². The van der Waals surface area contributed by atoms with Crippen LogP contribution in [0.2, 0.25) is 0 Å². The third-order valence-electron chi connectivity index (χ3n) is 2.80. The first-order chi connectivity index (χ1) is 7.97. The van der Waals surface area contributed by atoms with Gasteiger partial charge in [0.15, 0.2) is 0 Å². The summed E-state index contributed by atoms with van der Waals surface area (Å²) in [6.45, 7) is 7.11. The van der Waals surface area contributed by atoms with E-state index in [0.29, 0.717) is 6.61 Å². The van der Waals surface area contributed by atoms with Crippen molar-refractivity contribution in [2.24, 2.45) is 0 Å². The van der Waals surface area contributed by atoms with E-state index >= 15 is 0 Å². The molecule has 0 fully saturated rings. The Morgan fingerprint density at radius 3 is 2.24 bits per heavy atom. The molecule has 3 nitrogen and oxygen atoms in total. The summed E-state index contributed by atoms with van der Waals surface area (Å²) in [7, 11) is 1.81. The topological polar surface area (TPSA) is 41.5 Å². The van der Waals surface area contributed by atoms with Gasteiger partial charge in [0.05, 0.1) is 12.6 Å². The lowest BCUT2D eigenvalue weighted by Gasteiger charge is -2.19. The summed E-state index contributed by atoms with van der Waals surface area (Å²) in [4.78, 5) is 0. The van der Waals surface area contributed by atoms with E-state index in [4.69, 9.17) is 9.84 Å². The van der Waals surface area contributed by atoms with Gasteiger partial charge in [0.25, 0.3) is 0 Å². The quantitative estimate of drug-likeness (QED) is 0.822. The number of hydrogen-bond acceptors (Lipinski definition) is 3. The molecule has 3 heteroatoms. The molecule has 0 aliphatic heterocycles. The predicted molar refractivity (Wildman–Crippen MR) is 70.6 cm³/mol. The van der Waals surface area contributed by atoms with Gasteiger partial charge in [-0.1, -0.05) is 32.9 Å². The molecule has 17 heavy (non-hydrogen) atoms. The Morgan fingerprint density at radius 2 is 1.82 bits per heavy atom. The molecule has 0 bridgehead atoms. The zero-order chi connectivity index (χ0) is 12.9. The summed E-state index contributed by atoms with van der Waals surface area (Å²) in [5.41, 5.74) is 1.45. The van der Waals surface area contributed by atoms with E-state index in [0.717, 1.165) is 5.75 Å². The van der Waals surface area contributed by atoms with Crippen molar-refractivity contribution in [3.8, 4) is 5.75 Å². The summed E-state index contributed by atoms with van der Waals surface area (Å²) in [6.07, 6.45) is 0. The van der Waals surface area contributed by atoms with Gasteiger partial charge in [-0.05, 0) is 30.2 Å². The second-order valence-corrected chi connectivity index (χ2v) is 5.25. The van der Waals surface area contributed by atoms with Gasteiger partial charge in [-0.15, -0.1) is 0 Å². The van der Waals surface area contributed by atoms with Crippen LogP contribution in [0.1, 0.15) is 26.3 Å². The molecule has 96 valence electrons. The van der Waals surface area contributed by atoms with Crippen LogP contribution in [0, 0.1) is 0 Å². The molecular weight excluding hydrogens is 214 g/mol. The third-order valence-corrected chi connectivity index (χ3v) is 2.80. The fraction of sp³-hybridized carbons (Fsp3) is 0.571. The molecule has 0 aliphatic carbocycles. The molecule has 0 aromatic heterocycles. The van der Waals surface area contributed by atoms with E-state index in [9.17, 15) is 0 Å². The molecule has 0 saturated carbocycles. The lowest BCUT2D eigenvalue weighted by Crippen LogP contribution is -2.34. The van der Waals surface area contributed by atoms with E-state index in [-0.39, 0.29) is 18.1 Å². The number of nitrogens with one attached hydrogen (secondary N) is 1. The Morgan fingerprint density at radius 1 is 1.24 bits per heavy atom. The Hall–Kier alpha value is -1.06. The number of ether oxygens (including phenoxy) is 1. The minimum atomic E-state index is -0.0164. The fourth-order valence-electron chi connectivity index (χ4n) is 1.48. The van der Waals surface area contributed by atoms with Crippen molar-refractivity contribution in [2.45, 2.75) is 32.2 Å². The largest absolute Gasteiger partial charge is 0.492 e. The summed E-state index contributed by atoms with van der Waals surface area (Å²) in [5.74, 6) is 0.840. The third kappa shape index (κ3) is 4.36. The van der Waals surface area contributed by atoms with Gasteiger partial charge in [-0.25, -0.2) is 0 Å². The molecule has 1 unspecified atom stereocenters. The van der Waals surface area contributed by atoms with Crippen molar-refractivity contribution in [1.82, 2.24) is 5.32 Å². The number of aliphatic hydroxyl groups excluding tert-OH is 1. The lowest BCUT2D eigenvalue weighted by molar-refractivity contribution is 0.189. The van der Waals surface area contributed by atoms with Crippen LogP contribution < -0.4 is 10.1 Å². The fourth-order valence-corrected chi connectivity index (χ4v) is 1.48. The number of benzene rings is 1. The Labute approximate surface area is 104 Å². The van der Waals surface area contributed by atoms with Crippen LogP contribution >= 0.6 is 0 Å². The van der Waals surface area contributed by atoms with Crippen molar-refractivity contribution in [3.05, 3.63) is 29.8 Å². The summed E-state index contributed by atoms with van der Waals surface area (Å²) >= 11 is 0. The van der Waals surface area contributed by atoms with E-state index in [1.165, 1.54) is 5.56 Å². The van der Waals surface area contributed by atoms with Crippen LogP contribution in [-0.2, 0) is 5.41 Å². The number of hydrogen-bond donors (Lipinski definition) is 2. The van der Waals surface area contributed by atoms with Gasteiger partial charge < -0.3 is 15.2 Å². The summed E-state index contributed by atoms with van der Waals surface area (Å²) in [6, 6.07) is 8.11. The van der Waals surface area contributed by atoms with Gasteiger partial charge >= 0.3 is 0 Å². The molecule has 0 aliphatic rings. The molecule has 1 rings (SSSR count). The molecule has 0 heterocycles. The second kappa shape index (κ2) is 6.03. The van der Waals surface area contributed by atoms with E-state index in [2.05, 4.69) is 38.2 Å². The molecule has 1 atom stereocenters. The SMILES string of the molecule is CNC(CO)COc1ccc(C(C)(C)C)cc1. The van der Waals surface area contributed by atoms with Gasteiger partial charge in [-0.3, -0.25) is 0 Å². The van der Waals surface area contributed by atoms with E-state index in [1.54, 1.807) is 0 Å². The molecule has 1 aromatic rings. The Balaban J connectivity index is 2.57. The average Bonchev–Trinajstić information content (AvgIpc) is 2.30. The lowest BCUT2D eigenvalue weighted by atomic mass is 9.87. The van der Waals surface area contributed by atoms with Crippen LogP contribution in [-0.4, -0.2) is 31.4 Å². The maximum atomic E-state index is 9.01. The van der Waals surface area contributed by atoms with Crippen molar-refractivity contribution in [2.75, 3.05) is 20.3 Å². The predicted octanol–water partition coefficient (Wildman–Crippen LogP) is 1.94. The highest BCUT2D eigenvalue weighted by molar-refractivity contribution is 5.31. The van der Waals surface area contributed by atoms with Gasteiger partial charge in [0.1, 0.15) is 12.4 Å². The molecule has 1 aromatic carbocycles. The Kier molecular flexibility index (Phi) is 4.97. The minimum absolute atomic E-state index is 0.0164. The first kappa shape index (κ1) is 14.0. The first-order valence-electron chi connectivity index (χ1n) is 5.99. The van der Waals surface area contributed by atoms with Crippen LogP contribution in [0.25, 0.3) is 0 Å². The molecule has 0 amide bonds. The van der Waals surface area contributed by atoms with Crippen molar-refractivity contribution >= 4 is 0 Å². The monoisotopic (exact) mass is 237 g/mol. The summed E-state index contributed by atoms with van der Waals surface area (Å²) < 4.78 is 5.60. The molecule has 0 saturated heterocycles. The van der Waals surface area contributed by atoms with Crippen molar-refractivity contribution in [3.63, 3.8) is 0 Å². The number of aliphatic hydroxyl groups is 1. The molecule has 0 radical (unpaired) electrons. The second-order valence-electron chi connectivity index (χ2n) is 5.25. The minimum Gasteiger partial charge on any atom is -0.492 e. The Bertz CT molecular complexity index is 323. The highest BCUT2D eigenvalue weighted by Gasteiger charge is 2.13. The zero-order valence-electron chi connectivity index (χ0n) is 11.2. The molecule has 0 spiro atoms. The van der Waals surface area contributed by atoms with Gasteiger partial charge in [0, 0.05) is 0 Å². The van der Waals surface area contributed by atoms with Gasteiger partial charge in [-0.2, -0.15) is 0 Å². The zero-order valence-corrected chi connectivity index (χ0v) is 11.2. The number of likely N-dealkylation sites (N-methyl/N-ethyl adjacent to an activating group) is 1. The van der Waals surface area contributed by atoms with Crippen LogP contribution in [0.15, 0.2) is 24.3 Å². The van der Waals surface area contributed by atoms with Crippen LogP contribution in [0.4, 0.5) is 0 Å². The highest BCUT2D eigenvalue weighted by atomic mass is 16.5. The van der Waals surface area contributed by atoms with Crippen molar-refractivity contribution < 1.29 is 9.84 Å². The maximum absolute atomic E-state index is 9.01. The standard InChI is InChI=1S/C14H23NO2/c1-14(2,3)11-5-7-13(8-6-11)17-10-12(9-16)15-4/h5-8,12,15-16H,9-10H2,1-4H3. The van der Waals surface area contributed by atoms with Gasteiger partial charge in [0.2, 0.25) is 0 Å². The maximum Gasteiger partial charge on any atom is 0.119 e. The summed E-state index contributed by atoms with van der Waals surface area (Å²) in [5, 5.41) is 12.0.